The Hall–Kier alpha value is 0.710. The van der Waals surface area contributed by atoms with Crippen LogP contribution >= 0.6 is 0 Å². The number of aliphatic hydroxyl groups is 2. The summed E-state index contributed by atoms with van der Waals surface area (Å²) in [4.78, 5) is 9.38. The second-order valence-electron chi connectivity index (χ2n) is 2.51. The van der Waals surface area contributed by atoms with Crippen LogP contribution in [-0.2, 0) is 19.8 Å². The van der Waals surface area contributed by atoms with Crippen molar-refractivity contribution < 1.29 is 63.8 Å². The van der Waals surface area contributed by atoms with E-state index >= 15 is 0 Å². The van der Waals surface area contributed by atoms with Crippen LogP contribution in [0.2, 0.25) is 0 Å². The Kier molecular flexibility index (Phi) is 11.6. The van der Waals surface area contributed by atoms with Gasteiger partial charge in [-0.2, -0.15) is 8.42 Å². The fourth-order valence-electron chi connectivity index (χ4n) is 0.618. The third-order valence-electron chi connectivity index (χ3n) is 1.35. The van der Waals surface area contributed by atoms with E-state index in [1.54, 1.807) is 0 Å². The molecule has 0 saturated carbocycles. The Bertz CT molecular complexity index is 257. The van der Waals surface area contributed by atoms with Crippen LogP contribution in [0.4, 0.5) is 0 Å². The van der Waals surface area contributed by atoms with Gasteiger partial charge in [0.1, 0.15) is 0 Å². The molecule has 0 heterocycles. The Morgan fingerprint density at radius 1 is 1.25 bits per heavy atom. The van der Waals surface area contributed by atoms with Crippen LogP contribution in [0.1, 0.15) is 8.35 Å². The average molecular weight is 269 g/mol. The van der Waals surface area contributed by atoms with Crippen molar-refractivity contribution in [2.75, 3.05) is 26.4 Å². The van der Waals surface area contributed by atoms with Gasteiger partial charge in [0, 0.05) is 0 Å². The maximum Gasteiger partial charge on any atom is 1.00 e. The quantitative estimate of drug-likeness (QED) is 0.229. The number of nitrogens with zero attached hydrogens (tertiary/aromatic N) is 1. The van der Waals surface area contributed by atoms with Crippen LogP contribution in [0.25, 0.3) is 0 Å². The Labute approximate surface area is 118 Å². The summed E-state index contributed by atoms with van der Waals surface area (Å²) < 4.78 is 30.2. The Morgan fingerprint density at radius 3 is 1.88 bits per heavy atom. The number of hydrogen-bond donors (Lipinski definition) is 3. The molecule has 10 heteroatoms. The first kappa shape index (κ1) is 19.1. The van der Waals surface area contributed by atoms with Gasteiger partial charge in [0.2, 0.25) is 0 Å². The predicted molar refractivity (Wildman–Crippen MR) is 50.0 cm³/mol. The van der Waals surface area contributed by atoms with Crippen molar-refractivity contribution in [3.63, 3.8) is 0 Å². The average Bonchev–Trinajstić information content (AvgIpc) is 2.16. The monoisotopic (exact) mass is 269 g/mol. The number of aliphatic hydroxyl groups excluding tert-OH is 2. The summed E-state index contributed by atoms with van der Waals surface area (Å²) >= 11 is 0. The molecule has 0 rings (SSSR count). The van der Waals surface area contributed by atoms with Crippen LogP contribution in [0.15, 0.2) is 0 Å². The molecule has 0 aromatic carbocycles. The molecule has 16 heavy (non-hydrogen) atoms. The molecule has 8 nitrogen and oxygen atoms in total. The standard InChI is InChI=1S/C6H15NO7S.Na.H/c1-6(15(10,11)12)7(13-4-2-8)14-5-3-9;;/h6,8-9H,2-5H2,1H3,(H,10,11,12);;/q;+1;-1. The van der Waals surface area contributed by atoms with E-state index in [-0.39, 0.29) is 57.4 Å². The first-order valence-electron chi connectivity index (χ1n) is 4.16. The summed E-state index contributed by atoms with van der Waals surface area (Å²) in [6.07, 6.45) is 0. The van der Waals surface area contributed by atoms with E-state index in [9.17, 15) is 8.42 Å². The second kappa shape index (κ2) is 9.71. The van der Waals surface area contributed by atoms with Crippen LogP contribution < -0.4 is 29.6 Å². The zero-order chi connectivity index (χ0) is 11.9. The van der Waals surface area contributed by atoms with Crippen molar-refractivity contribution in [2.45, 2.75) is 12.3 Å². The summed E-state index contributed by atoms with van der Waals surface area (Å²) in [6, 6.07) is 0. The van der Waals surface area contributed by atoms with E-state index in [2.05, 4.69) is 0 Å². The summed E-state index contributed by atoms with van der Waals surface area (Å²) in [5.41, 5.74) is 0. The molecule has 1 atom stereocenters. The third kappa shape index (κ3) is 7.90. The van der Waals surface area contributed by atoms with Crippen LogP contribution in [0.5, 0.6) is 0 Å². The van der Waals surface area contributed by atoms with Gasteiger partial charge in [0.15, 0.2) is 5.37 Å². The number of hydroxylamine groups is 2. The molecule has 0 aromatic rings. The predicted octanol–water partition coefficient (Wildman–Crippen LogP) is -4.51. The zero-order valence-corrected chi connectivity index (χ0v) is 12.1. The van der Waals surface area contributed by atoms with Gasteiger partial charge in [-0.1, -0.05) is 0 Å². The second-order valence-corrected chi connectivity index (χ2v) is 4.23. The maximum absolute atomic E-state index is 10.7. The van der Waals surface area contributed by atoms with E-state index in [0.717, 1.165) is 6.92 Å². The Balaban J connectivity index is -0.000000980. The molecular formula is C6H16NNaO7S. The van der Waals surface area contributed by atoms with Crippen LogP contribution in [0.3, 0.4) is 0 Å². The van der Waals surface area contributed by atoms with Gasteiger partial charge in [-0.15, -0.1) is 0 Å². The summed E-state index contributed by atoms with van der Waals surface area (Å²) in [7, 11) is -4.35. The van der Waals surface area contributed by atoms with Crippen LogP contribution in [-0.4, -0.2) is 60.2 Å². The molecule has 0 saturated heterocycles. The molecular weight excluding hydrogens is 253 g/mol. The minimum absolute atomic E-state index is 0. The maximum atomic E-state index is 10.7. The van der Waals surface area contributed by atoms with Gasteiger partial charge in [-0.25, -0.2) is 0 Å². The van der Waals surface area contributed by atoms with Crippen molar-refractivity contribution in [2.24, 2.45) is 0 Å². The molecule has 0 spiro atoms. The molecule has 0 aliphatic carbocycles. The van der Waals surface area contributed by atoms with Gasteiger partial charge in [-0.05, 0) is 12.2 Å². The fourth-order valence-corrected chi connectivity index (χ4v) is 0.957. The molecule has 0 amide bonds. The van der Waals surface area contributed by atoms with E-state index < -0.39 is 15.5 Å². The molecule has 0 fully saturated rings. The largest absolute Gasteiger partial charge is 1.00 e. The van der Waals surface area contributed by atoms with Crippen molar-refractivity contribution in [1.82, 2.24) is 5.23 Å². The molecule has 3 N–H and O–H groups in total. The molecule has 0 aromatic heterocycles. The van der Waals surface area contributed by atoms with Gasteiger partial charge in [0.25, 0.3) is 10.1 Å². The zero-order valence-electron chi connectivity index (χ0n) is 10.2. The van der Waals surface area contributed by atoms with Crippen molar-refractivity contribution in [1.29, 1.82) is 0 Å². The van der Waals surface area contributed by atoms with Crippen molar-refractivity contribution in [3.05, 3.63) is 0 Å². The van der Waals surface area contributed by atoms with Crippen molar-refractivity contribution in [3.8, 4) is 0 Å². The first-order chi connectivity index (χ1) is 6.93. The molecule has 1 unspecified atom stereocenters. The van der Waals surface area contributed by atoms with Gasteiger partial charge < -0.3 is 11.6 Å². The topological polar surface area (TPSA) is 117 Å². The van der Waals surface area contributed by atoms with Gasteiger partial charge >= 0.3 is 29.6 Å². The minimum Gasteiger partial charge on any atom is -1.00 e. The molecule has 94 valence electrons. The van der Waals surface area contributed by atoms with Gasteiger partial charge in [0.05, 0.1) is 26.4 Å². The van der Waals surface area contributed by atoms with Crippen LogP contribution in [0, 0.1) is 0 Å². The molecule has 0 bridgehead atoms. The summed E-state index contributed by atoms with van der Waals surface area (Å²) in [5.74, 6) is 0. The molecule has 0 radical (unpaired) electrons. The summed E-state index contributed by atoms with van der Waals surface area (Å²) in [6.45, 7) is 0.0784. The smallest absolute Gasteiger partial charge is 1.00 e. The van der Waals surface area contributed by atoms with E-state index in [0.29, 0.717) is 5.23 Å². The molecule has 0 aliphatic rings. The minimum atomic E-state index is -4.35. The first-order valence-corrected chi connectivity index (χ1v) is 5.67. The summed E-state index contributed by atoms with van der Waals surface area (Å²) in [5, 5.41) is 16.0. The molecule has 0 aliphatic heterocycles. The number of rotatable bonds is 8. The van der Waals surface area contributed by atoms with E-state index in [1.807, 2.05) is 0 Å². The van der Waals surface area contributed by atoms with Crippen molar-refractivity contribution >= 4 is 10.1 Å². The van der Waals surface area contributed by atoms with Gasteiger partial charge in [-0.3, -0.25) is 14.2 Å². The van der Waals surface area contributed by atoms with E-state index in [1.165, 1.54) is 0 Å². The van der Waals surface area contributed by atoms with E-state index in [4.69, 9.17) is 24.4 Å². The Morgan fingerprint density at radius 2 is 1.62 bits per heavy atom. The third-order valence-corrected chi connectivity index (χ3v) is 2.38. The normalized spacial score (nSPS) is 13.6. The number of hydrogen-bond acceptors (Lipinski definition) is 7. The SMILES string of the molecule is CC(N(OCCO)OCCO)S(=O)(=O)O.[H-].[Na+]. The fraction of sp³-hybridized carbons (Fsp3) is 1.00.